The number of urea groups is 1. The largest absolute Gasteiger partial charge is 0.361 e. The van der Waals surface area contributed by atoms with Crippen molar-refractivity contribution in [3.8, 4) is 0 Å². The van der Waals surface area contributed by atoms with Crippen LogP contribution in [0.15, 0.2) is 72.4 Å². The first-order chi connectivity index (χ1) is 16.6. The van der Waals surface area contributed by atoms with Crippen LogP contribution >= 0.6 is 0 Å². The minimum absolute atomic E-state index is 0.328. The topological polar surface area (TPSA) is 78.3 Å². The molecule has 9 heteroatoms. The molecule has 3 heterocycles. The number of hydrogen-bond acceptors (Lipinski definition) is 3. The molecule has 1 atom stereocenters. The Kier molecular flexibility index (Phi) is 6.07. The van der Waals surface area contributed by atoms with E-state index in [0.29, 0.717) is 43.9 Å². The maximum absolute atomic E-state index is 14.0. The number of aromatic nitrogens is 3. The van der Waals surface area contributed by atoms with Crippen molar-refractivity contribution >= 4 is 22.8 Å². The predicted molar refractivity (Wildman–Crippen MR) is 125 cm³/mol. The van der Waals surface area contributed by atoms with E-state index in [1.807, 2.05) is 41.2 Å². The van der Waals surface area contributed by atoms with Gasteiger partial charge in [-0.1, -0.05) is 18.2 Å². The third-order valence-corrected chi connectivity index (χ3v) is 5.98. The summed E-state index contributed by atoms with van der Waals surface area (Å²) in [5.41, 5.74) is 2.52. The number of amidine groups is 1. The number of nitrogens with zero attached hydrogens (tertiary/aromatic N) is 4. The summed E-state index contributed by atoms with van der Waals surface area (Å²) in [6.45, 7) is 1.49. The van der Waals surface area contributed by atoms with Gasteiger partial charge < -0.3 is 14.5 Å². The highest BCUT2D eigenvalue weighted by Crippen LogP contribution is 2.28. The van der Waals surface area contributed by atoms with Gasteiger partial charge in [-0.3, -0.25) is 10.3 Å². The van der Waals surface area contributed by atoms with Crippen LogP contribution in [0.2, 0.25) is 0 Å². The third-order valence-electron chi connectivity index (χ3n) is 5.98. The van der Waals surface area contributed by atoms with Crippen molar-refractivity contribution in [3.63, 3.8) is 0 Å². The van der Waals surface area contributed by atoms with Crippen molar-refractivity contribution in [2.45, 2.75) is 25.4 Å². The molecule has 174 valence electrons. The van der Waals surface area contributed by atoms with E-state index in [2.05, 4.69) is 20.3 Å². The fourth-order valence-electron chi connectivity index (χ4n) is 4.42. The van der Waals surface area contributed by atoms with E-state index in [1.165, 1.54) is 12.1 Å². The average molecular weight is 463 g/mol. The fourth-order valence-corrected chi connectivity index (χ4v) is 4.42. The summed E-state index contributed by atoms with van der Waals surface area (Å²) in [7, 11) is 0. The Labute approximate surface area is 195 Å². The second kappa shape index (κ2) is 9.46. The Hall–Kier alpha value is -4.01. The number of aromatic amines is 1. The van der Waals surface area contributed by atoms with Crippen LogP contribution in [0.25, 0.3) is 10.9 Å². The second-order valence-corrected chi connectivity index (χ2v) is 8.26. The number of hydrogen-bond donors (Lipinski definition) is 2. The summed E-state index contributed by atoms with van der Waals surface area (Å²) in [6, 6.07) is 10.3. The van der Waals surface area contributed by atoms with Crippen molar-refractivity contribution in [3.05, 3.63) is 90.1 Å². The van der Waals surface area contributed by atoms with Gasteiger partial charge in [0, 0.05) is 55.2 Å². The van der Waals surface area contributed by atoms with Gasteiger partial charge >= 0.3 is 6.03 Å². The van der Waals surface area contributed by atoms with Crippen LogP contribution in [0, 0.1) is 11.6 Å². The van der Waals surface area contributed by atoms with Crippen molar-refractivity contribution in [2.24, 2.45) is 4.99 Å². The molecule has 4 aromatic rings. The van der Waals surface area contributed by atoms with Gasteiger partial charge in [-0.05, 0) is 42.2 Å². The molecular weight excluding hydrogens is 438 g/mol. The average Bonchev–Trinajstić information content (AvgIpc) is 3.54. The van der Waals surface area contributed by atoms with Crippen LogP contribution < -0.4 is 5.32 Å². The lowest BCUT2D eigenvalue weighted by Gasteiger charge is -2.23. The first-order valence-corrected chi connectivity index (χ1v) is 11.2. The van der Waals surface area contributed by atoms with Crippen LogP contribution in [0.3, 0.4) is 0 Å². The summed E-state index contributed by atoms with van der Waals surface area (Å²) in [5.74, 6) is -0.978. The van der Waals surface area contributed by atoms with E-state index in [4.69, 9.17) is 0 Å². The van der Waals surface area contributed by atoms with Crippen LogP contribution in [0.4, 0.5) is 13.6 Å². The minimum Gasteiger partial charge on any atom is -0.361 e. The highest BCUT2D eigenvalue weighted by atomic mass is 19.1. The maximum atomic E-state index is 14.0. The molecule has 2 aromatic carbocycles. The number of benzene rings is 2. The molecule has 0 aliphatic carbocycles. The lowest BCUT2D eigenvalue weighted by molar-refractivity contribution is 0.204. The monoisotopic (exact) mass is 462 g/mol. The molecule has 0 bridgehead atoms. The molecule has 1 fully saturated rings. The Morgan fingerprint density at radius 1 is 1.09 bits per heavy atom. The van der Waals surface area contributed by atoms with Gasteiger partial charge in [0.2, 0.25) is 0 Å². The Morgan fingerprint density at radius 2 is 1.91 bits per heavy atom. The number of aliphatic imine (C=N–C) groups is 1. The molecule has 0 radical (unpaired) electrons. The molecule has 1 aliphatic heterocycles. The smallest absolute Gasteiger partial charge is 0.323 e. The molecule has 0 spiro atoms. The second-order valence-electron chi connectivity index (χ2n) is 8.26. The van der Waals surface area contributed by atoms with Crippen LogP contribution in [-0.4, -0.2) is 44.4 Å². The molecule has 1 aliphatic rings. The normalized spacial score (nSPS) is 17.1. The van der Waals surface area contributed by atoms with Crippen molar-refractivity contribution < 1.29 is 13.6 Å². The number of aryl methyl sites for hydroxylation is 1. The number of carbonyl (C=O) groups excluding carboxylic acids is 1. The van der Waals surface area contributed by atoms with Gasteiger partial charge in [0.1, 0.15) is 23.5 Å². The highest BCUT2D eigenvalue weighted by molar-refractivity contribution is 6.07. The Morgan fingerprint density at radius 3 is 2.71 bits per heavy atom. The molecule has 34 heavy (non-hydrogen) atoms. The van der Waals surface area contributed by atoms with Crippen LogP contribution in [0.1, 0.15) is 23.6 Å². The number of H-pyrrole nitrogens is 1. The number of fused-ring (bicyclic) bond motifs is 1. The first kappa shape index (κ1) is 21.8. The van der Waals surface area contributed by atoms with E-state index >= 15 is 0 Å². The van der Waals surface area contributed by atoms with E-state index in [-0.39, 0.29) is 6.03 Å². The molecule has 2 N–H and O–H groups in total. The number of carbonyl (C=O) groups is 1. The predicted octanol–water partition coefficient (Wildman–Crippen LogP) is 4.44. The van der Waals surface area contributed by atoms with Gasteiger partial charge in [0.15, 0.2) is 0 Å². The molecule has 7 nitrogen and oxygen atoms in total. The molecule has 1 saturated heterocycles. The quantitative estimate of drug-likeness (QED) is 0.406. The van der Waals surface area contributed by atoms with Crippen molar-refractivity contribution in [1.82, 2.24) is 24.8 Å². The molecule has 5 rings (SSSR count). The number of halogens is 2. The van der Waals surface area contributed by atoms with E-state index in [9.17, 15) is 13.6 Å². The molecular formula is C25H24F2N6O. The number of para-hydroxylation sites is 1. The minimum atomic E-state index is -0.689. The summed E-state index contributed by atoms with van der Waals surface area (Å²) in [4.78, 5) is 26.3. The highest BCUT2D eigenvalue weighted by Gasteiger charge is 2.37. The number of amides is 2. The van der Waals surface area contributed by atoms with Crippen LogP contribution in [0.5, 0.6) is 0 Å². The maximum Gasteiger partial charge on any atom is 0.323 e. The zero-order valence-electron chi connectivity index (χ0n) is 18.4. The number of rotatable bonds is 8. The van der Waals surface area contributed by atoms with Crippen molar-refractivity contribution in [2.75, 3.05) is 13.1 Å². The molecule has 0 saturated carbocycles. The van der Waals surface area contributed by atoms with Crippen molar-refractivity contribution in [1.29, 1.82) is 0 Å². The number of nitrogens with one attached hydrogen (secondary N) is 2. The Bertz CT molecular complexity index is 1310. The van der Waals surface area contributed by atoms with Gasteiger partial charge in [-0.15, -0.1) is 0 Å². The molecule has 2 amide bonds. The van der Waals surface area contributed by atoms with Crippen LogP contribution in [-0.2, 0) is 13.0 Å². The summed E-state index contributed by atoms with van der Waals surface area (Å²) < 4.78 is 30.0. The van der Waals surface area contributed by atoms with E-state index in [1.54, 1.807) is 17.4 Å². The standard InChI is InChI=1S/C25H24F2N6O/c26-19-12-18(13-20(27)14-19)23-24(29-7-6-17-15-30-22-5-2-1-4-21(17)22)31-25(34)33(23)10-3-9-32-11-8-28-16-32/h1-2,4-5,8,11-16,23,30H,3,6-7,9-10H2,(H,29,31,34). The zero-order valence-corrected chi connectivity index (χ0v) is 18.4. The van der Waals surface area contributed by atoms with Gasteiger partial charge in [0.25, 0.3) is 0 Å². The lowest BCUT2D eigenvalue weighted by Crippen LogP contribution is -2.31. The summed E-state index contributed by atoms with van der Waals surface area (Å²) >= 11 is 0. The summed E-state index contributed by atoms with van der Waals surface area (Å²) in [6.07, 6.45) is 8.52. The van der Waals surface area contributed by atoms with E-state index in [0.717, 1.165) is 22.5 Å². The molecule has 1 unspecified atom stereocenters. The van der Waals surface area contributed by atoms with Gasteiger partial charge in [-0.25, -0.2) is 18.6 Å². The summed E-state index contributed by atoms with van der Waals surface area (Å²) in [5, 5.41) is 3.95. The Balaban J connectivity index is 1.37. The SMILES string of the molecule is O=C1N/C(=N/CCc2c[nH]c3ccccc23)C(c2cc(F)cc(F)c2)N1CCCn1ccnc1. The van der Waals surface area contributed by atoms with Gasteiger partial charge in [0.05, 0.1) is 6.33 Å². The fraction of sp³-hybridized carbons (Fsp3) is 0.240. The van der Waals surface area contributed by atoms with Gasteiger partial charge in [-0.2, -0.15) is 0 Å². The zero-order chi connectivity index (χ0) is 23.5. The number of imidazole rings is 1. The first-order valence-electron chi connectivity index (χ1n) is 11.2. The van der Waals surface area contributed by atoms with E-state index < -0.39 is 17.7 Å². The lowest BCUT2D eigenvalue weighted by atomic mass is 10.0. The third kappa shape index (κ3) is 4.54. The molecule has 2 aromatic heterocycles.